The zero-order valence-corrected chi connectivity index (χ0v) is 20.0. The Morgan fingerprint density at radius 2 is 1.91 bits per heavy atom. The Bertz CT molecular complexity index is 1380. The molecule has 1 fully saturated rings. The average Bonchev–Trinajstić information content (AvgIpc) is 3.51. The van der Waals surface area contributed by atoms with E-state index in [9.17, 15) is 9.59 Å². The van der Waals surface area contributed by atoms with Crippen LogP contribution in [0.3, 0.4) is 0 Å². The summed E-state index contributed by atoms with van der Waals surface area (Å²) in [5.74, 6) is 1.89. The van der Waals surface area contributed by atoms with Crippen LogP contribution in [0.4, 0.5) is 0 Å². The molecular formula is C27H27N5O3. The number of likely N-dealkylation sites (tertiary alicyclic amines) is 1. The molecule has 8 heteroatoms. The SMILES string of the molecule is CC(=O)N1CCCC1c1cc2[nH]c(-c3ccccn3)nc2cc1Oc1ccc(C(=O)N(C)C)cc1. The van der Waals surface area contributed by atoms with Crippen molar-refractivity contribution in [2.45, 2.75) is 25.8 Å². The maximum Gasteiger partial charge on any atom is 0.253 e. The monoisotopic (exact) mass is 469 g/mol. The van der Waals surface area contributed by atoms with Gasteiger partial charge in [-0.2, -0.15) is 0 Å². The van der Waals surface area contributed by atoms with E-state index in [1.807, 2.05) is 35.2 Å². The van der Waals surface area contributed by atoms with Gasteiger partial charge in [0.15, 0.2) is 5.82 Å². The highest BCUT2D eigenvalue weighted by Gasteiger charge is 2.31. The Labute approximate surface area is 203 Å². The molecule has 0 bridgehead atoms. The second-order valence-electron chi connectivity index (χ2n) is 8.90. The molecule has 2 amide bonds. The maximum absolute atomic E-state index is 12.3. The molecule has 8 nitrogen and oxygen atoms in total. The summed E-state index contributed by atoms with van der Waals surface area (Å²) in [7, 11) is 3.44. The van der Waals surface area contributed by atoms with Crippen molar-refractivity contribution in [3.63, 3.8) is 0 Å². The summed E-state index contributed by atoms with van der Waals surface area (Å²) < 4.78 is 6.34. The molecule has 5 rings (SSSR count). The number of H-pyrrole nitrogens is 1. The Kier molecular flexibility index (Phi) is 5.94. The highest BCUT2D eigenvalue weighted by Crippen LogP contribution is 2.41. The predicted molar refractivity (Wildman–Crippen MR) is 133 cm³/mol. The molecule has 0 radical (unpaired) electrons. The van der Waals surface area contributed by atoms with Crippen LogP contribution in [-0.4, -0.2) is 57.2 Å². The van der Waals surface area contributed by atoms with E-state index in [-0.39, 0.29) is 17.9 Å². The van der Waals surface area contributed by atoms with Gasteiger partial charge >= 0.3 is 0 Å². The number of hydrogen-bond donors (Lipinski definition) is 1. The first kappa shape index (κ1) is 22.6. The van der Waals surface area contributed by atoms with Crippen LogP contribution in [0.5, 0.6) is 11.5 Å². The fraction of sp³-hybridized carbons (Fsp3) is 0.259. The number of aromatic amines is 1. The van der Waals surface area contributed by atoms with Crippen molar-refractivity contribution >= 4 is 22.8 Å². The molecule has 2 aromatic heterocycles. The van der Waals surface area contributed by atoms with E-state index in [1.54, 1.807) is 51.5 Å². The van der Waals surface area contributed by atoms with Gasteiger partial charge in [-0.05, 0) is 55.3 Å². The molecule has 3 heterocycles. The molecule has 1 saturated heterocycles. The molecule has 0 saturated carbocycles. The quantitative estimate of drug-likeness (QED) is 0.453. The van der Waals surface area contributed by atoms with Gasteiger partial charge in [0.2, 0.25) is 5.91 Å². The van der Waals surface area contributed by atoms with Crippen LogP contribution in [-0.2, 0) is 4.79 Å². The smallest absolute Gasteiger partial charge is 0.253 e. The first-order valence-corrected chi connectivity index (χ1v) is 11.6. The Hall–Kier alpha value is -4.20. The van der Waals surface area contributed by atoms with Gasteiger partial charge in [-0.15, -0.1) is 0 Å². The highest BCUT2D eigenvalue weighted by atomic mass is 16.5. The number of carbonyl (C=O) groups excluding carboxylic acids is 2. The second kappa shape index (κ2) is 9.21. The number of imidazole rings is 1. The maximum atomic E-state index is 12.3. The normalized spacial score (nSPS) is 15.4. The molecule has 35 heavy (non-hydrogen) atoms. The van der Waals surface area contributed by atoms with E-state index in [1.165, 1.54) is 4.90 Å². The fourth-order valence-electron chi connectivity index (χ4n) is 4.55. The molecule has 1 aliphatic rings. The molecule has 1 unspecified atom stereocenters. The van der Waals surface area contributed by atoms with E-state index in [0.717, 1.165) is 41.7 Å². The van der Waals surface area contributed by atoms with Crippen molar-refractivity contribution in [1.82, 2.24) is 24.8 Å². The number of carbonyl (C=O) groups is 2. The van der Waals surface area contributed by atoms with Gasteiger partial charge in [-0.1, -0.05) is 6.07 Å². The van der Waals surface area contributed by atoms with Crippen molar-refractivity contribution in [2.75, 3.05) is 20.6 Å². The summed E-state index contributed by atoms with van der Waals surface area (Å²) in [6, 6.07) is 16.6. The molecule has 1 aliphatic heterocycles. The third kappa shape index (κ3) is 4.47. The summed E-state index contributed by atoms with van der Waals surface area (Å²) >= 11 is 0. The van der Waals surface area contributed by atoms with Gasteiger partial charge in [-0.25, -0.2) is 4.98 Å². The minimum Gasteiger partial charge on any atom is -0.457 e. The molecule has 4 aromatic rings. The van der Waals surface area contributed by atoms with Gasteiger partial charge in [0.05, 0.1) is 17.1 Å². The Balaban J connectivity index is 1.56. The lowest BCUT2D eigenvalue weighted by Crippen LogP contribution is -2.28. The summed E-state index contributed by atoms with van der Waals surface area (Å²) in [6.45, 7) is 2.33. The molecule has 0 aliphatic carbocycles. The van der Waals surface area contributed by atoms with Gasteiger partial charge in [0, 0.05) is 51.0 Å². The number of ether oxygens (including phenoxy) is 1. The van der Waals surface area contributed by atoms with Crippen LogP contribution < -0.4 is 4.74 Å². The summed E-state index contributed by atoms with van der Waals surface area (Å²) in [5, 5.41) is 0. The second-order valence-corrected chi connectivity index (χ2v) is 8.90. The summed E-state index contributed by atoms with van der Waals surface area (Å²) in [6.07, 6.45) is 3.53. The summed E-state index contributed by atoms with van der Waals surface area (Å²) in [4.78, 5) is 40.5. The van der Waals surface area contributed by atoms with E-state index in [0.29, 0.717) is 22.9 Å². The van der Waals surface area contributed by atoms with Crippen LogP contribution >= 0.6 is 0 Å². The first-order chi connectivity index (χ1) is 16.9. The largest absolute Gasteiger partial charge is 0.457 e. The first-order valence-electron chi connectivity index (χ1n) is 11.6. The fourth-order valence-corrected chi connectivity index (χ4v) is 4.55. The lowest BCUT2D eigenvalue weighted by molar-refractivity contribution is -0.129. The van der Waals surface area contributed by atoms with Crippen LogP contribution in [0.2, 0.25) is 0 Å². The minimum atomic E-state index is -0.0805. The van der Waals surface area contributed by atoms with Gasteiger partial charge < -0.3 is 19.5 Å². The number of nitrogens with one attached hydrogen (secondary N) is 1. The predicted octanol–water partition coefficient (Wildman–Crippen LogP) is 4.80. The zero-order valence-electron chi connectivity index (χ0n) is 20.0. The van der Waals surface area contributed by atoms with Crippen molar-refractivity contribution in [1.29, 1.82) is 0 Å². The Morgan fingerprint density at radius 1 is 1.11 bits per heavy atom. The number of rotatable bonds is 5. The zero-order chi connectivity index (χ0) is 24.5. The topological polar surface area (TPSA) is 91.4 Å². The third-order valence-electron chi connectivity index (χ3n) is 6.27. The van der Waals surface area contributed by atoms with Crippen LogP contribution in [0, 0.1) is 0 Å². The van der Waals surface area contributed by atoms with Gasteiger partial charge in [-0.3, -0.25) is 14.6 Å². The standard InChI is InChI=1S/C27H27N5O3/c1-17(33)32-14-6-8-24(32)20-15-22-23(30-26(29-22)21-7-4-5-13-28-21)16-25(20)35-19-11-9-18(10-12-19)27(34)31(2)3/h4-5,7,9-13,15-16,24H,6,8,14H2,1-3H3,(H,29,30). The Morgan fingerprint density at radius 3 is 2.60 bits per heavy atom. The number of aromatic nitrogens is 3. The molecule has 1 N–H and O–H groups in total. The summed E-state index contributed by atoms with van der Waals surface area (Å²) in [5.41, 5.74) is 3.87. The van der Waals surface area contributed by atoms with Crippen molar-refractivity contribution in [3.05, 3.63) is 71.9 Å². The van der Waals surface area contributed by atoms with Gasteiger partial charge in [0.25, 0.3) is 5.91 Å². The number of amides is 2. The lowest BCUT2D eigenvalue weighted by Gasteiger charge is -2.25. The molecule has 1 atom stereocenters. The van der Waals surface area contributed by atoms with E-state index in [2.05, 4.69) is 9.97 Å². The average molecular weight is 470 g/mol. The van der Waals surface area contributed by atoms with Crippen LogP contribution in [0.1, 0.15) is 41.7 Å². The third-order valence-corrected chi connectivity index (χ3v) is 6.27. The number of hydrogen-bond acceptors (Lipinski definition) is 5. The number of fused-ring (bicyclic) bond motifs is 1. The number of nitrogens with zero attached hydrogens (tertiary/aromatic N) is 4. The van der Waals surface area contributed by atoms with Crippen molar-refractivity contribution < 1.29 is 14.3 Å². The number of benzene rings is 2. The lowest BCUT2D eigenvalue weighted by atomic mass is 10.0. The number of pyridine rings is 1. The molecule has 0 spiro atoms. The van der Waals surface area contributed by atoms with Crippen LogP contribution in [0.15, 0.2) is 60.8 Å². The minimum absolute atomic E-state index is 0.0453. The van der Waals surface area contributed by atoms with Gasteiger partial charge in [0.1, 0.15) is 17.2 Å². The van der Waals surface area contributed by atoms with Crippen molar-refractivity contribution in [3.8, 4) is 23.0 Å². The highest BCUT2D eigenvalue weighted by molar-refractivity contribution is 5.94. The van der Waals surface area contributed by atoms with Crippen molar-refractivity contribution in [2.24, 2.45) is 0 Å². The van der Waals surface area contributed by atoms with Crippen LogP contribution in [0.25, 0.3) is 22.6 Å². The van der Waals surface area contributed by atoms with E-state index < -0.39 is 0 Å². The molecule has 178 valence electrons. The molecular weight excluding hydrogens is 442 g/mol. The van der Waals surface area contributed by atoms with E-state index in [4.69, 9.17) is 9.72 Å². The molecule has 2 aromatic carbocycles. The van der Waals surface area contributed by atoms with E-state index >= 15 is 0 Å².